The van der Waals surface area contributed by atoms with Gasteiger partial charge in [0, 0.05) is 25.7 Å². The molecule has 1 aliphatic rings. The smallest absolute Gasteiger partial charge is 0.310 e. The van der Waals surface area contributed by atoms with Gasteiger partial charge in [-0.3, -0.25) is 19.2 Å². The SMILES string of the molecule is CCOC(=O)C1CCCN(C(=O)CN(C)C(=O)CC(NC(=O)c2ccccc2)c2ccccc2)C1. The second kappa shape index (κ2) is 12.7. The third-order valence-electron chi connectivity index (χ3n) is 6.11. The highest BCUT2D eigenvalue weighted by atomic mass is 16.5. The Balaban J connectivity index is 1.62. The van der Waals surface area contributed by atoms with Crippen molar-refractivity contribution < 1.29 is 23.9 Å². The number of rotatable bonds is 9. The summed E-state index contributed by atoms with van der Waals surface area (Å²) < 4.78 is 5.10. The second-order valence-corrected chi connectivity index (χ2v) is 8.69. The highest BCUT2D eigenvalue weighted by Crippen LogP contribution is 2.20. The van der Waals surface area contributed by atoms with Crippen LogP contribution in [0.5, 0.6) is 0 Å². The first-order chi connectivity index (χ1) is 16.9. The summed E-state index contributed by atoms with van der Waals surface area (Å²) in [6.45, 7) is 2.83. The Hall–Kier alpha value is -3.68. The van der Waals surface area contributed by atoms with Crippen LogP contribution in [-0.2, 0) is 19.1 Å². The van der Waals surface area contributed by atoms with Crippen molar-refractivity contribution >= 4 is 23.7 Å². The average molecular weight is 480 g/mol. The fourth-order valence-corrected chi connectivity index (χ4v) is 4.15. The maximum absolute atomic E-state index is 13.1. The first kappa shape index (κ1) is 25.9. The predicted octanol–water partition coefficient (Wildman–Crippen LogP) is 2.81. The number of likely N-dealkylation sites (N-methyl/N-ethyl adjacent to an activating group) is 1. The zero-order valence-corrected chi connectivity index (χ0v) is 20.3. The molecule has 8 heteroatoms. The van der Waals surface area contributed by atoms with Gasteiger partial charge >= 0.3 is 5.97 Å². The number of hydrogen-bond donors (Lipinski definition) is 1. The summed E-state index contributed by atoms with van der Waals surface area (Å²) in [5.41, 5.74) is 1.31. The predicted molar refractivity (Wildman–Crippen MR) is 131 cm³/mol. The zero-order chi connectivity index (χ0) is 25.2. The van der Waals surface area contributed by atoms with Gasteiger partial charge in [-0.25, -0.2) is 0 Å². The maximum atomic E-state index is 13.1. The standard InChI is InChI=1S/C27H33N3O5/c1-3-35-27(34)22-15-10-16-30(18-22)25(32)19-29(2)24(31)17-23(20-11-6-4-7-12-20)28-26(33)21-13-8-5-9-14-21/h4-9,11-14,22-23H,3,10,15-19H2,1-2H3,(H,28,33). The molecule has 1 saturated heterocycles. The molecule has 1 heterocycles. The zero-order valence-electron chi connectivity index (χ0n) is 20.3. The van der Waals surface area contributed by atoms with Crippen molar-refractivity contribution in [2.45, 2.75) is 32.2 Å². The summed E-state index contributed by atoms with van der Waals surface area (Å²) in [6, 6.07) is 17.6. The van der Waals surface area contributed by atoms with Crippen LogP contribution >= 0.6 is 0 Å². The summed E-state index contributed by atoms with van der Waals surface area (Å²) in [4.78, 5) is 53.8. The van der Waals surface area contributed by atoms with Crippen LogP contribution in [0.1, 0.15) is 48.1 Å². The maximum Gasteiger partial charge on any atom is 0.310 e. The fraction of sp³-hybridized carbons (Fsp3) is 0.407. The van der Waals surface area contributed by atoms with E-state index in [1.807, 2.05) is 36.4 Å². The van der Waals surface area contributed by atoms with E-state index in [0.717, 1.165) is 5.56 Å². The largest absolute Gasteiger partial charge is 0.466 e. The van der Waals surface area contributed by atoms with Crippen LogP contribution in [0.15, 0.2) is 60.7 Å². The lowest BCUT2D eigenvalue weighted by molar-refractivity contribution is -0.152. The average Bonchev–Trinajstić information content (AvgIpc) is 2.89. The highest BCUT2D eigenvalue weighted by molar-refractivity contribution is 5.95. The number of benzene rings is 2. The molecule has 1 aliphatic heterocycles. The van der Waals surface area contributed by atoms with E-state index in [1.54, 1.807) is 43.1 Å². The number of carbonyl (C=O) groups is 4. The van der Waals surface area contributed by atoms with Crippen LogP contribution in [0.2, 0.25) is 0 Å². The normalized spacial score (nSPS) is 16.2. The number of hydrogen-bond acceptors (Lipinski definition) is 5. The number of esters is 1. The van der Waals surface area contributed by atoms with E-state index in [2.05, 4.69) is 5.32 Å². The minimum Gasteiger partial charge on any atom is -0.466 e. The topological polar surface area (TPSA) is 96.0 Å². The molecule has 3 rings (SSSR count). The van der Waals surface area contributed by atoms with Gasteiger partial charge in [0.15, 0.2) is 0 Å². The van der Waals surface area contributed by atoms with E-state index >= 15 is 0 Å². The Morgan fingerprint density at radius 2 is 1.71 bits per heavy atom. The molecule has 2 aromatic carbocycles. The van der Waals surface area contributed by atoms with Gasteiger partial charge in [0.2, 0.25) is 11.8 Å². The van der Waals surface area contributed by atoms with Gasteiger partial charge < -0.3 is 19.9 Å². The minimum atomic E-state index is -0.544. The summed E-state index contributed by atoms with van der Waals surface area (Å²) >= 11 is 0. The summed E-state index contributed by atoms with van der Waals surface area (Å²) in [5, 5.41) is 2.95. The molecular formula is C27H33N3O5. The molecule has 0 aliphatic carbocycles. The quantitative estimate of drug-likeness (QED) is 0.558. The van der Waals surface area contributed by atoms with Crippen LogP contribution in [0.3, 0.4) is 0 Å². The van der Waals surface area contributed by atoms with Crippen molar-refractivity contribution in [2.75, 3.05) is 33.3 Å². The van der Waals surface area contributed by atoms with Gasteiger partial charge in [-0.1, -0.05) is 48.5 Å². The molecule has 186 valence electrons. The molecule has 0 aromatic heterocycles. The molecule has 1 fully saturated rings. The molecule has 0 bridgehead atoms. The van der Waals surface area contributed by atoms with Gasteiger partial charge in [-0.15, -0.1) is 0 Å². The molecule has 2 unspecified atom stereocenters. The first-order valence-corrected chi connectivity index (χ1v) is 12.0. The summed E-state index contributed by atoms with van der Waals surface area (Å²) in [7, 11) is 1.58. The van der Waals surface area contributed by atoms with Crippen molar-refractivity contribution in [3.8, 4) is 0 Å². The Bertz CT molecular complexity index is 1010. The second-order valence-electron chi connectivity index (χ2n) is 8.69. The van der Waals surface area contributed by atoms with Crippen LogP contribution in [-0.4, -0.2) is 66.8 Å². The number of amides is 3. The lowest BCUT2D eigenvalue weighted by Gasteiger charge is -2.33. The Morgan fingerprint density at radius 3 is 2.37 bits per heavy atom. The highest BCUT2D eigenvalue weighted by Gasteiger charge is 2.30. The Labute approximate surface area is 206 Å². The molecule has 2 atom stereocenters. The van der Waals surface area contributed by atoms with E-state index in [-0.39, 0.29) is 42.6 Å². The molecule has 0 saturated carbocycles. The van der Waals surface area contributed by atoms with Gasteiger partial charge in [-0.2, -0.15) is 0 Å². The molecule has 35 heavy (non-hydrogen) atoms. The number of nitrogens with zero attached hydrogens (tertiary/aromatic N) is 2. The summed E-state index contributed by atoms with van der Waals surface area (Å²) in [5.74, 6) is -1.36. The van der Waals surface area contributed by atoms with Gasteiger partial charge in [0.25, 0.3) is 5.91 Å². The molecule has 3 amide bonds. The van der Waals surface area contributed by atoms with Crippen molar-refractivity contribution in [1.82, 2.24) is 15.1 Å². The molecule has 2 aromatic rings. The third-order valence-corrected chi connectivity index (χ3v) is 6.11. The molecule has 8 nitrogen and oxygen atoms in total. The lowest BCUT2D eigenvalue weighted by Crippen LogP contribution is -2.47. The number of piperidine rings is 1. The molecule has 0 radical (unpaired) electrons. The molecule has 1 N–H and O–H groups in total. The van der Waals surface area contributed by atoms with Crippen LogP contribution in [0.4, 0.5) is 0 Å². The monoisotopic (exact) mass is 479 g/mol. The van der Waals surface area contributed by atoms with E-state index in [0.29, 0.717) is 38.1 Å². The van der Waals surface area contributed by atoms with Crippen molar-refractivity contribution in [3.63, 3.8) is 0 Å². The number of nitrogens with one attached hydrogen (secondary N) is 1. The summed E-state index contributed by atoms with van der Waals surface area (Å²) in [6.07, 6.45) is 1.42. The van der Waals surface area contributed by atoms with Gasteiger partial charge in [-0.05, 0) is 37.5 Å². The van der Waals surface area contributed by atoms with E-state index < -0.39 is 6.04 Å². The first-order valence-electron chi connectivity index (χ1n) is 12.0. The molecule has 0 spiro atoms. The van der Waals surface area contributed by atoms with Crippen molar-refractivity contribution in [2.24, 2.45) is 5.92 Å². The number of likely N-dealkylation sites (tertiary alicyclic amines) is 1. The van der Waals surface area contributed by atoms with E-state index in [4.69, 9.17) is 4.74 Å². The number of ether oxygens (including phenoxy) is 1. The van der Waals surface area contributed by atoms with E-state index in [1.165, 1.54) is 4.90 Å². The Kier molecular flexibility index (Phi) is 9.40. The van der Waals surface area contributed by atoms with Crippen LogP contribution < -0.4 is 5.32 Å². The number of carbonyl (C=O) groups excluding carboxylic acids is 4. The molecular weight excluding hydrogens is 446 g/mol. The van der Waals surface area contributed by atoms with Crippen molar-refractivity contribution in [1.29, 1.82) is 0 Å². The van der Waals surface area contributed by atoms with Gasteiger partial charge in [0.1, 0.15) is 0 Å². The van der Waals surface area contributed by atoms with Crippen LogP contribution in [0, 0.1) is 5.92 Å². The lowest BCUT2D eigenvalue weighted by atomic mass is 9.98. The van der Waals surface area contributed by atoms with Crippen LogP contribution in [0.25, 0.3) is 0 Å². The fourth-order valence-electron chi connectivity index (χ4n) is 4.15. The third kappa shape index (κ3) is 7.40. The van der Waals surface area contributed by atoms with E-state index in [9.17, 15) is 19.2 Å². The Morgan fingerprint density at radius 1 is 1.06 bits per heavy atom. The van der Waals surface area contributed by atoms with Crippen molar-refractivity contribution in [3.05, 3.63) is 71.8 Å². The van der Waals surface area contributed by atoms with Gasteiger partial charge in [0.05, 0.1) is 31.5 Å². The minimum absolute atomic E-state index is 0.0117.